The molecule has 1 amide bonds. The molecule has 174 valence electrons. The molecule has 1 aliphatic carbocycles. The minimum Gasteiger partial charge on any atom is -0.360 e. The van der Waals surface area contributed by atoms with Gasteiger partial charge in [-0.05, 0) is 44.7 Å². The topological polar surface area (TPSA) is 135 Å². The Morgan fingerprint density at radius 2 is 2.12 bits per heavy atom. The quantitative estimate of drug-likeness (QED) is 0.600. The molecule has 4 rings (SSSR count). The SMILES string of the molecule is C[C@@H]1C[C@@H](NC(=O)c2cc(C3CC3)on2)CCN1S(=O)(=O)c1ccc(N(C)CCN)nc1. The van der Waals surface area contributed by atoms with Crippen molar-refractivity contribution in [3.05, 3.63) is 35.9 Å². The molecule has 3 heterocycles. The molecule has 1 aliphatic heterocycles. The Kier molecular flexibility index (Phi) is 6.50. The summed E-state index contributed by atoms with van der Waals surface area (Å²) in [5.41, 5.74) is 5.84. The number of piperidine rings is 1. The lowest BCUT2D eigenvalue weighted by Gasteiger charge is -2.36. The second kappa shape index (κ2) is 9.16. The number of nitrogens with zero attached hydrogens (tertiary/aromatic N) is 4. The van der Waals surface area contributed by atoms with Gasteiger partial charge >= 0.3 is 0 Å². The molecule has 10 nitrogen and oxygen atoms in total. The fourth-order valence-corrected chi connectivity index (χ4v) is 5.65. The molecule has 2 aromatic rings. The molecule has 2 fully saturated rings. The number of carbonyl (C=O) groups is 1. The van der Waals surface area contributed by atoms with Crippen molar-refractivity contribution in [2.75, 3.05) is 31.6 Å². The zero-order valence-corrected chi connectivity index (χ0v) is 19.2. The van der Waals surface area contributed by atoms with E-state index in [0.29, 0.717) is 44.2 Å². The number of carbonyl (C=O) groups excluding carboxylic acids is 1. The van der Waals surface area contributed by atoms with E-state index in [1.807, 2.05) is 18.9 Å². The zero-order valence-electron chi connectivity index (χ0n) is 18.4. The summed E-state index contributed by atoms with van der Waals surface area (Å²) in [5.74, 6) is 1.54. The molecule has 32 heavy (non-hydrogen) atoms. The molecular formula is C21H30N6O4S. The highest BCUT2D eigenvalue weighted by Crippen LogP contribution is 2.40. The minimum absolute atomic E-state index is 0.129. The highest BCUT2D eigenvalue weighted by Gasteiger charge is 2.36. The fourth-order valence-electron chi connectivity index (χ4n) is 4.05. The van der Waals surface area contributed by atoms with E-state index in [2.05, 4.69) is 15.5 Å². The number of nitrogens with two attached hydrogens (primary N) is 1. The zero-order chi connectivity index (χ0) is 22.9. The molecular weight excluding hydrogens is 432 g/mol. The molecule has 0 unspecified atom stereocenters. The molecule has 0 spiro atoms. The highest BCUT2D eigenvalue weighted by molar-refractivity contribution is 7.89. The van der Waals surface area contributed by atoms with Crippen molar-refractivity contribution in [2.45, 2.75) is 55.5 Å². The summed E-state index contributed by atoms with van der Waals surface area (Å²) < 4.78 is 33.1. The van der Waals surface area contributed by atoms with E-state index in [-0.39, 0.29) is 28.6 Å². The van der Waals surface area contributed by atoms with Gasteiger partial charge < -0.3 is 20.5 Å². The van der Waals surface area contributed by atoms with Crippen molar-refractivity contribution in [2.24, 2.45) is 5.73 Å². The number of aromatic nitrogens is 2. The van der Waals surface area contributed by atoms with Gasteiger partial charge in [-0.1, -0.05) is 5.16 Å². The van der Waals surface area contributed by atoms with Crippen LogP contribution < -0.4 is 16.0 Å². The Hall–Kier alpha value is -2.50. The number of likely N-dealkylation sites (N-methyl/N-ethyl adjacent to an activating group) is 1. The van der Waals surface area contributed by atoms with Crippen LogP contribution in [0, 0.1) is 0 Å². The lowest BCUT2D eigenvalue weighted by atomic mass is 10.0. The standard InChI is InChI=1S/C21H30N6O4S/c1-14-11-16(24-21(28)18-12-19(31-25-18)15-3-4-15)7-9-27(14)32(29,30)17-5-6-20(23-13-17)26(2)10-8-22/h5-6,12-16H,3-4,7-11,22H2,1-2H3,(H,24,28)/t14-,16+/m1/s1. The maximum Gasteiger partial charge on any atom is 0.273 e. The Bertz CT molecular complexity index is 1050. The first-order chi connectivity index (χ1) is 15.3. The third-order valence-electron chi connectivity index (χ3n) is 6.07. The number of amides is 1. The van der Waals surface area contributed by atoms with Crippen LogP contribution in [0.1, 0.15) is 54.8 Å². The third kappa shape index (κ3) is 4.79. The van der Waals surface area contributed by atoms with Gasteiger partial charge in [0.15, 0.2) is 5.69 Å². The smallest absolute Gasteiger partial charge is 0.273 e. The number of rotatable bonds is 8. The van der Waals surface area contributed by atoms with Gasteiger partial charge in [0, 0.05) is 56.9 Å². The Labute approximate surface area is 188 Å². The van der Waals surface area contributed by atoms with Gasteiger partial charge in [0.05, 0.1) is 0 Å². The molecule has 1 saturated carbocycles. The predicted octanol–water partition coefficient (Wildman–Crippen LogP) is 1.31. The van der Waals surface area contributed by atoms with Crippen LogP contribution in [0.4, 0.5) is 5.82 Å². The number of sulfonamides is 1. The van der Waals surface area contributed by atoms with Crippen molar-refractivity contribution in [1.29, 1.82) is 0 Å². The van der Waals surface area contributed by atoms with E-state index >= 15 is 0 Å². The summed E-state index contributed by atoms with van der Waals surface area (Å²) in [5, 5.41) is 6.85. The van der Waals surface area contributed by atoms with E-state index in [9.17, 15) is 13.2 Å². The number of nitrogens with one attached hydrogen (secondary N) is 1. The molecule has 0 radical (unpaired) electrons. The van der Waals surface area contributed by atoms with Crippen molar-refractivity contribution in [1.82, 2.24) is 19.8 Å². The van der Waals surface area contributed by atoms with Crippen molar-refractivity contribution < 1.29 is 17.7 Å². The second-order valence-electron chi connectivity index (χ2n) is 8.61. The van der Waals surface area contributed by atoms with E-state index < -0.39 is 10.0 Å². The van der Waals surface area contributed by atoms with Gasteiger partial charge in [-0.2, -0.15) is 4.31 Å². The van der Waals surface area contributed by atoms with E-state index in [1.54, 1.807) is 18.2 Å². The Balaban J connectivity index is 1.37. The van der Waals surface area contributed by atoms with Crippen molar-refractivity contribution in [3.8, 4) is 0 Å². The summed E-state index contributed by atoms with van der Waals surface area (Å²) in [6.45, 7) is 3.29. The van der Waals surface area contributed by atoms with Gasteiger partial charge in [-0.3, -0.25) is 4.79 Å². The first-order valence-corrected chi connectivity index (χ1v) is 12.4. The second-order valence-corrected chi connectivity index (χ2v) is 10.5. The monoisotopic (exact) mass is 462 g/mol. The number of anilines is 1. The molecule has 1 saturated heterocycles. The number of hydrogen-bond acceptors (Lipinski definition) is 8. The fraction of sp³-hybridized carbons (Fsp3) is 0.571. The maximum atomic E-state index is 13.2. The normalized spacial score (nSPS) is 22.0. The molecule has 0 aromatic carbocycles. The summed E-state index contributed by atoms with van der Waals surface area (Å²) >= 11 is 0. The van der Waals surface area contributed by atoms with E-state index in [1.165, 1.54) is 10.5 Å². The average Bonchev–Trinajstić information content (AvgIpc) is 3.50. The van der Waals surface area contributed by atoms with Crippen LogP contribution in [-0.2, 0) is 10.0 Å². The van der Waals surface area contributed by atoms with Crippen LogP contribution in [0.25, 0.3) is 0 Å². The molecule has 11 heteroatoms. The van der Waals surface area contributed by atoms with Crippen LogP contribution in [0.5, 0.6) is 0 Å². The molecule has 2 aliphatic rings. The van der Waals surface area contributed by atoms with Crippen molar-refractivity contribution in [3.63, 3.8) is 0 Å². The van der Waals surface area contributed by atoms with Gasteiger partial charge in [0.2, 0.25) is 10.0 Å². The lowest BCUT2D eigenvalue weighted by Crippen LogP contribution is -2.50. The van der Waals surface area contributed by atoms with E-state index in [4.69, 9.17) is 10.3 Å². The lowest BCUT2D eigenvalue weighted by molar-refractivity contribution is 0.0905. The van der Waals surface area contributed by atoms with E-state index in [0.717, 1.165) is 18.6 Å². The molecule has 2 atom stereocenters. The van der Waals surface area contributed by atoms with Crippen LogP contribution in [0.3, 0.4) is 0 Å². The summed E-state index contributed by atoms with van der Waals surface area (Å²) in [6, 6.07) is 4.58. The van der Waals surface area contributed by atoms with Crippen LogP contribution in [0.2, 0.25) is 0 Å². The number of pyridine rings is 1. The first-order valence-electron chi connectivity index (χ1n) is 11.0. The molecule has 2 aromatic heterocycles. The minimum atomic E-state index is -3.68. The Morgan fingerprint density at radius 3 is 2.75 bits per heavy atom. The molecule has 0 bridgehead atoms. The Morgan fingerprint density at radius 1 is 1.34 bits per heavy atom. The van der Waals surface area contributed by atoms with Crippen LogP contribution >= 0.6 is 0 Å². The first kappa shape index (κ1) is 22.7. The summed E-state index contributed by atoms with van der Waals surface area (Å²) in [7, 11) is -1.82. The largest absolute Gasteiger partial charge is 0.360 e. The van der Waals surface area contributed by atoms with Crippen LogP contribution in [0.15, 0.2) is 33.8 Å². The van der Waals surface area contributed by atoms with Gasteiger partial charge in [0.25, 0.3) is 5.91 Å². The predicted molar refractivity (Wildman–Crippen MR) is 119 cm³/mol. The van der Waals surface area contributed by atoms with Gasteiger partial charge in [-0.15, -0.1) is 0 Å². The number of hydrogen-bond donors (Lipinski definition) is 2. The van der Waals surface area contributed by atoms with Gasteiger partial charge in [0.1, 0.15) is 16.5 Å². The average molecular weight is 463 g/mol. The summed E-state index contributed by atoms with van der Waals surface area (Å²) in [6.07, 6.45) is 4.57. The third-order valence-corrected chi connectivity index (χ3v) is 8.07. The van der Waals surface area contributed by atoms with Crippen LogP contribution in [-0.4, -0.2) is 67.5 Å². The molecule has 3 N–H and O–H groups in total. The summed E-state index contributed by atoms with van der Waals surface area (Å²) in [4.78, 5) is 18.8. The van der Waals surface area contributed by atoms with Gasteiger partial charge in [-0.25, -0.2) is 13.4 Å². The van der Waals surface area contributed by atoms with Crippen molar-refractivity contribution >= 4 is 21.7 Å². The maximum absolute atomic E-state index is 13.2. The highest BCUT2D eigenvalue weighted by atomic mass is 32.2.